The third kappa shape index (κ3) is 2.03. The molecular formula is C14H20N2O4S. The lowest BCUT2D eigenvalue weighted by Gasteiger charge is -2.12. The Balaban J connectivity index is 2.01. The van der Waals surface area contributed by atoms with Gasteiger partial charge in [0.1, 0.15) is 0 Å². The largest absolute Gasteiger partial charge is 0.454 e. The van der Waals surface area contributed by atoms with Gasteiger partial charge in [-0.15, -0.1) is 0 Å². The fourth-order valence-electron chi connectivity index (χ4n) is 3.38. The first-order valence-corrected chi connectivity index (χ1v) is 8.73. The number of rotatable bonds is 5. The van der Waals surface area contributed by atoms with E-state index in [0.29, 0.717) is 11.5 Å². The molecule has 1 heterocycles. The van der Waals surface area contributed by atoms with Crippen LogP contribution in [0.4, 0.5) is 0 Å². The predicted octanol–water partition coefficient (Wildman–Crippen LogP) is 0.220. The molecule has 6 nitrogen and oxygen atoms in total. The van der Waals surface area contributed by atoms with Gasteiger partial charge in [0.2, 0.25) is 6.79 Å². The Bertz CT molecular complexity index is 655. The van der Waals surface area contributed by atoms with Crippen molar-refractivity contribution in [1.29, 1.82) is 0 Å². The maximum atomic E-state index is 12.3. The van der Waals surface area contributed by atoms with Crippen molar-refractivity contribution in [3.63, 3.8) is 0 Å². The SMILES string of the molecule is CCS(=O)(=O)[C@@H]1[C@H](c2ccc3c(c2)OCO3)C1(CN)CN. The second kappa shape index (κ2) is 4.86. The van der Waals surface area contributed by atoms with Gasteiger partial charge in [-0.2, -0.15) is 0 Å². The number of hydrogen-bond acceptors (Lipinski definition) is 6. The fourth-order valence-corrected chi connectivity index (χ4v) is 5.56. The zero-order valence-electron chi connectivity index (χ0n) is 11.9. The smallest absolute Gasteiger partial charge is 0.231 e. The van der Waals surface area contributed by atoms with E-state index in [1.807, 2.05) is 18.2 Å². The molecule has 1 aliphatic heterocycles. The van der Waals surface area contributed by atoms with Crippen LogP contribution in [-0.4, -0.2) is 39.3 Å². The van der Waals surface area contributed by atoms with E-state index < -0.39 is 20.5 Å². The van der Waals surface area contributed by atoms with Crippen LogP contribution >= 0.6 is 0 Å². The second-order valence-electron chi connectivity index (χ2n) is 5.60. The Morgan fingerprint density at radius 2 is 1.90 bits per heavy atom. The van der Waals surface area contributed by atoms with Crippen LogP contribution in [-0.2, 0) is 9.84 Å². The van der Waals surface area contributed by atoms with Crippen molar-refractivity contribution in [3.05, 3.63) is 23.8 Å². The third-order valence-electron chi connectivity index (χ3n) is 4.68. The van der Waals surface area contributed by atoms with Gasteiger partial charge in [0.15, 0.2) is 21.3 Å². The maximum Gasteiger partial charge on any atom is 0.231 e. The lowest BCUT2D eigenvalue weighted by Crippen LogP contribution is -2.31. The van der Waals surface area contributed by atoms with Crippen molar-refractivity contribution < 1.29 is 17.9 Å². The lowest BCUT2D eigenvalue weighted by molar-refractivity contribution is 0.174. The summed E-state index contributed by atoms with van der Waals surface area (Å²) in [4.78, 5) is 0. The molecule has 0 unspecified atom stereocenters. The number of ether oxygens (including phenoxy) is 2. The van der Waals surface area contributed by atoms with Gasteiger partial charge in [-0.1, -0.05) is 13.0 Å². The Morgan fingerprint density at radius 1 is 1.24 bits per heavy atom. The minimum absolute atomic E-state index is 0.0977. The van der Waals surface area contributed by atoms with Crippen molar-refractivity contribution >= 4 is 9.84 Å². The van der Waals surface area contributed by atoms with Gasteiger partial charge in [0.05, 0.1) is 5.25 Å². The molecular weight excluding hydrogens is 292 g/mol. The molecule has 1 aromatic rings. The molecule has 0 spiro atoms. The van der Waals surface area contributed by atoms with Gasteiger partial charge in [0, 0.05) is 30.2 Å². The number of benzene rings is 1. The van der Waals surface area contributed by atoms with Crippen molar-refractivity contribution in [2.24, 2.45) is 16.9 Å². The lowest BCUT2D eigenvalue weighted by atomic mass is 9.99. The fraction of sp³-hybridized carbons (Fsp3) is 0.571. The molecule has 0 bridgehead atoms. The first-order valence-electron chi connectivity index (χ1n) is 7.01. The molecule has 7 heteroatoms. The number of nitrogens with two attached hydrogens (primary N) is 2. The monoisotopic (exact) mass is 312 g/mol. The number of fused-ring (bicyclic) bond motifs is 1. The summed E-state index contributed by atoms with van der Waals surface area (Å²) in [5.74, 6) is 1.25. The van der Waals surface area contributed by atoms with E-state index in [2.05, 4.69) is 0 Å². The van der Waals surface area contributed by atoms with Crippen LogP contribution in [0.3, 0.4) is 0 Å². The van der Waals surface area contributed by atoms with Crippen molar-refractivity contribution in [2.75, 3.05) is 25.6 Å². The Labute approximate surface area is 124 Å². The molecule has 4 N–H and O–H groups in total. The minimum atomic E-state index is -3.20. The summed E-state index contributed by atoms with van der Waals surface area (Å²) in [5.41, 5.74) is 12.1. The van der Waals surface area contributed by atoms with Gasteiger partial charge in [0.25, 0.3) is 0 Å². The highest BCUT2D eigenvalue weighted by Crippen LogP contribution is 2.62. The van der Waals surface area contributed by atoms with Crippen molar-refractivity contribution in [3.8, 4) is 11.5 Å². The molecule has 0 radical (unpaired) electrons. The van der Waals surface area contributed by atoms with Crippen LogP contribution in [0.1, 0.15) is 18.4 Å². The highest BCUT2D eigenvalue weighted by molar-refractivity contribution is 7.92. The first kappa shape index (κ1) is 14.6. The molecule has 1 aliphatic carbocycles. The second-order valence-corrected chi connectivity index (χ2v) is 8.01. The summed E-state index contributed by atoms with van der Waals surface area (Å²) in [6.45, 7) is 2.36. The van der Waals surface area contributed by atoms with Crippen LogP contribution in [0.15, 0.2) is 18.2 Å². The van der Waals surface area contributed by atoms with Gasteiger partial charge in [-0.25, -0.2) is 8.42 Å². The molecule has 3 rings (SSSR count). The molecule has 116 valence electrons. The van der Waals surface area contributed by atoms with Gasteiger partial charge in [-0.3, -0.25) is 0 Å². The van der Waals surface area contributed by atoms with Gasteiger partial charge < -0.3 is 20.9 Å². The van der Waals surface area contributed by atoms with Crippen LogP contribution in [0, 0.1) is 5.41 Å². The van der Waals surface area contributed by atoms with Crippen molar-refractivity contribution in [2.45, 2.75) is 18.1 Å². The zero-order chi connectivity index (χ0) is 15.3. The molecule has 1 fully saturated rings. The Hall–Kier alpha value is -1.31. The first-order chi connectivity index (χ1) is 10.00. The van der Waals surface area contributed by atoms with E-state index in [-0.39, 0.29) is 31.6 Å². The van der Waals surface area contributed by atoms with E-state index >= 15 is 0 Å². The highest BCUT2D eigenvalue weighted by Gasteiger charge is 2.68. The minimum Gasteiger partial charge on any atom is -0.454 e. The van der Waals surface area contributed by atoms with Gasteiger partial charge >= 0.3 is 0 Å². The summed E-state index contributed by atoms with van der Waals surface area (Å²) in [7, 11) is -3.20. The van der Waals surface area contributed by atoms with Crippen LogP contribution < -0.4 is 20.9 Å². The summed E-state index contributed by atoms with van der Waals surface area (Å²) in [5, 5.41) is -0.509. The van der Waals surface area contributed by atoms with Crippen LogP contribution in [0.2, 0.25) is 0 Å². The predicted molar refractivity (Wildman–Crippen MR) is 79.1 cm³/mol. The standard InChI is InChI=1S/C14H20N2O4S/c1-2-21(17,18)13-12(14(13,6-15)7-16)9-3-4-10-11(5-9)20-8-19-10/h3-5,12-13H,2,6-8,15-16H2,1H3/t12-,13+/m0/s1. The number of hydrogen-bond donors (Lipinski definition) is 2. The summed E-state index contributed by atoms with van der Waals surface area (Å²) in [6, 6.07) is 5.53. The summed E-state index contributed by atoms with van der Waals surface area (Å²) >= 11 is 0. The molecule has 2 aliphatic rings. The molecule has 1 saturated carbocycles. The molecule has 0 saturated heterocycles. The Morgan fingerprint density at radius 3 is 2.52 bits per heavy atom. The topological polar surface area (TPSA) is 105 Å². The third-order valence-corrected chi connectivity index (χ3v) is 7.00. The number of sulfone groups is 1. The summed E-state index contributed by atoms with van der Waals surface area (Å²) in [6.07, 6.45) is 0. The van der Waals surface area contributed by atoms with Gasteiger partial charge in [-0.05, 0) is 17.7 Å². The Kier molecular flexibility index (Phi) is 3.38. The van der Waals surface area contributed by atoms with E-state index in [1.54, 1.807) is 6.92 Å². The molecule has 1 aromatic carbocycles. The molecule has 2 atom stereocenters. The molecule has 0 amide bonds. The zero-order valence-corrected chi connectivity index (χ0v) is 12.7. The molecule has 21 heavy (non-hydrogen) atoms. The van der Waals surface area contributed by atoms with Crippen LogP contribution in [0.5, 0.6) is 11.5 Å². The van der Waals surface area contributed by atoms with Crippen molar-refractivity contribution in [1.82, 2.24) is 0 Å². The average molecular weight is 312 g/mol. The van der Waals surface area contributed by atoms with E-state index in [0.717, 1.165) is 5.56 Å². The average Bonchev–Trinajstić information content (AvgIpc) is 2.98. The highest BCUT2D eigenvalue weighted by atomic mass is 32.2. The normalized spacial score (nSPS) is 25.9. The van der Waals surface area contributed by atoms with Crippen LogP contribution in [0.25, 0.3) is 0 Å². The van der Waals surface area contributed by atoms with E-state index in [4.69, 9.17) is 20.9 Å². The molecule has 0 aromatic heterocycles. The van der Waals surface area contributed by atoms with E-state index in [9.17, 15) is 8.42 Å². The maximum absolute atomic E-state index is 12.3. The van der Waals surface area contributed by atoms with E-state index in [1.165, 1.54) is 0 Å². The quantitative estimate of drug-likeness (QED) is 0.806. The summed E-state index contributed by atoms with van der Waals surface area (Å²) < 4.78 is 35.3.